The van der Waals surface area contributed by atoms with Crippen molar-refractivity contribution in [1.29, 1.82) is 0 Å². The van der Waals surface area contributed by atoms with E-state index in [2.05, 4.69) is 42.0 Å². The summed E-state index contributed by atoms with van der Waals surface area (Å²) in [7, 11) is 1.74. The molecule has 1 saturated heterocycles. The van der Waals surface area contributed by atoms with E-state index in [1.165, 1.54) is 26.7 Å². The predicted molar refractivity (Wildman–Crippen MR) is 76.5 cm³/mol. The van der Waals surface area contributed by atoms with E-state index >= 15 is 0 Å². The molecule has 0 aliphatic carbocycles. The molecule has 1 unspecified atom stereocenters. The summed E-state index contributed by atoms with van der Waals surface area (Å²) >= 11 is 3.69. The van der Waals surface area contributed by atoms with Crippen molar-refractivity contribution in [2.75, 3.05) is 26.9 Å². The van der Waals surface area contributed by atoms with E-state index in [1.807, 2.05) is 0 Å². The van der Waals surface area contributed by atoms with Crippen LogP contribution in [-0.4, -0.2) is 26.9 Å². The zero-order valence-electron chi connectivity index (χ0n) is 11.4. The molecule has 0 saturated carbocycles. The van der Waals surface area contributed by atoms with Crippen LogP contribution >= 0.6 is 15.9 Å². The number of benzene rings is 1. The molecule has 18 heavy (non-hydrogen) atoms. The summed E-state index contributed by atoms with van der Waals surface area (Å²) in [5.41, 5.74) is 4.88. The number of hydrogen-bond donors (Lipinski definition) is 1. The van der Waals surface area contributed by atoms with Gasteiger partial charge in [0.05, 0.1) is 26.4 Å². The van der Waals surface area contributed by atoms with Gasteiger partial charge in [-0.25, -0.2) is 0 Å². The average Bonchev–Trinajstić information content (AvgIpc) is 2.41. The molecule has 1 atom stereocenters. The van der Waals surface area contributed by atoms with Crippen molar-refractivity contribution < 1.29 is 9.47 Å². The first kappa shape index (κ1) is 13.8. The second-order valence-corrected chi connectivity index (χ2v) is 5.51. The lowest BCUT2D eigenvalue weighted by atomic mass is 9.94. The van der Waals surface area contributed by atoms with Crippen LogP contribution in [-0.2, 0) is 4.74 Å². The SMILES string of the molecule is COc1c(C)c(C)c(Br)c(C)c1C1COCCN1. The highest BCUT2D eigenvalue weighted by Gasteiger charge is 2.25. The van der Waals surface area contributed by atoms with Gasteiger partial charge in [-0.3, -0.25) is 0 Å². The highest BCUT2D eigenvalue weighted by molar-refractivity contribution is 9.10. The Kier molecular flexibility index (Phi) is 4.30. The predicted octanol–water partition coefficient (Wildman–Crippen LogP) is 3.04. The number of halogens is 1. The van der Waals surface area contributed by atoms with E-state index < -0.39 is 0 Å². The molecule has 0 amide bonds. The van der Waals surface area contributed by atoms with Crippen LogP contribution in [0.25, 0.3) is 0 Å². The number of ether oxygens (including phenoxy) is 2. The van der Waals surface area contributed by atoms with Crippen molar-refractivity contribution in [3.8, 4) is 5.75 Å². The first-order chi connectivity index (χ1) is 8.57. The van der Waals surface area contributed by atoms with Crippen molar-refractivity contribution in [3.05, 3.63) is 26.7 Å². The van der Waals surface area contributed by atoms with Crippen LogP contribution in [0.5, 0.6) is 5.75 Å². The lowest BCUT2D eigenvalue weighted by Crippen LogP contribution is -2.35. The highest BCUT2D eigenvalue weighted by Crippen LogP contribution is 2.39. The van der Waals surface area contributed by atoms with Crippen LogP contribution in [0.15, 0.2) is 4.47 Å². The smallest absolute Gasteiger partial charge is 0.127 e. The fraction of sp³-hybridized carbons (Fsp3) is 0.571. The van der Waals surface area contributed by atoms with Gasteiger partial charge in [0.25, 0.3) is 0 Å². The molecule has 0 aromatic heterocycles. The molecule has 1 aromatic rings. The highest BCUT2D eigenvalue weighted by atomic mass is 79.9. The van der Waals surface area contributed by atoms with Gasteiger partial charge in [-0.05, 0) is 37.5 Å². The van der Waals surface area contributed by atoms with Crippen LogP contribution in [0.3, 0.4) is 0 Å². The van der Waals surface area contributed by atoms with Gasteiger partial charge in [-0.1, -0.05) is 15.9 Å². The Morgan fingerprint density at radius 1 is 1.22 bits per heavy atom. The van der Waals surface area contributed by atoms with Crippen LogP contribution in [0.2, 0.25) is 0 Å². The molecule has 3 nitrogen and oxygen atoms in total. The molecule has 2 rings (SSSR count). The molecule has 4 heteroatoms. The summed E-state index contributed by atoms with van der Waals surface area (Å²) < 4.78 is 12.4. The number of morpholine rings is 1. The van der Waals surface area contributed by atoms with Gasteiger partial charge < -0.3 is 14.8 Å². The minimum Gasteiger partial charge on any atom is -0.496 e. The molecule has 0 spiro atoms. The summed E-state index contributed by atoms with van der Waals surface area (Å²) in [5.74, 6) is 0.983. The molecular formula is C14H20BrNO2. The molecule has 0 bridgehead atoms. The van der Waals surface area contributed by atoms with Gasteiger partial charge in [0.1, 0.15) is 5.75 Å². The average molecular weight is 314 g/mol. The Morgan fingerprint density at radius 2 is 1.94 bits per heavy atom. The molecule has 1 aliphatic heterocycles. The van der Waals surface area contributed by atoms with Gasteiger partial charge >= 0.3 is 0 Å². The number of hydrogen-bond acceptors (Lipinski definition) is 3. The van der Waals surface area contributed by atoms with E-state index in [0.29, 0.717) is 6.61 Å². The zero-order valence-corrected chi connectivity index (χ0v) is 13.0. The minimum absolute atomic E-state index is 0.212. The Morgan fingerprint density at radius 3 is 2.50 bits per heavy atom. The van der Waals surface area contributed by atoms with E-state index in [-0.39, 0.29) is 6.04 Å². The zero-order chi connectivity index (χ0) is 13.3. The van der Waals surface area contributed by atoms with E-state index in [1.54, 1.807) is 7.11 Å². The van der Waals surface area contributed by atoms with E-state index in [0.717, 1.165) is 18.9 Å². The lowest BCUT2D eigenvalue weighted by molar-refractivity contribution is 0.0758. The molecule has 0 radical (unpaired) electrons. The summed E-state index contributed by atoms with van der Waals surface area (Å²) in [6.45, 7) is 8.72. The fourth-order valence-electron chi connectivity index (χ4n) is 2.54. The third kappa shape index (κ3) is 2.29. The number of methoxy groups -OCH3 is 1. The van der Waals surface area contributed by atoms with Crippen molar-refractivity contribution in [1.82, 2.24) is 5.32 Å². The standard InChI is InChI=1S/C14H20BrNO2/c1-8-9(2)14(17-4)12(10(3)13(8)15)11-7-18-6-5-16-11/h11,16H,5-7H2,1-4H3. The van der Waals surface area contributed by atoms with Crippen molar-refractivity contribution in [2.45, 2.75) is 26.8 Å². The monoisotopic (exact) mass is 313 g/mol. The van der Waals surface area contributed by atoms with Gasteiger partial charge in [0, 0.05) is 16.6 Å². The summed E-state index contributed by atoms with van der Waals surface area (Å²) in [5, 5.41) is 3.50. The van der Waals surface area contributed by atoms with Gasteiger partial charge in [0.2, 0.25) is 0 Å². The molecule has 1 N–H and O–H groups in total. The maximum absolute atomic E-state index is 5.63. The third-order valence-electron chi connectivity index (χ3n) is 3.68. The van der Waals surface area contributed by atoms with Crippen molar-refractivity contribution in [2.24, 2.45) is 0 Å². The van der Waals surface area contributed by atoms with Crippen LogP contribution in [0.1, 0.15) is 28.3 Å². The van der Waals surface area contributed by atoms with Crippen molar-refractivity contribution in [3.63, 3.8) is 0 Å². The summed E-state index contributed by atoms with van der Waals surface area (Å²) in [6, 6.07) is 0.212. The van der Waals surface area contributed by atoms with Crippen molar-refractivity contribution >= 4 is 15.9 Å². The second kappa shape index (κ2) is 5.59. The second-order valence-electron chi connectivity index (χ2n) is 4.72. The Hall–Kier alpha value is -0.580. The fourth-order valence-corrected chi connectivity index (χ4v) is 3.05. The Labute approximate surface area is 117 Å². The van der Waals surface area contributed by atoms with E-state index in [4.69, 9.17) is 9.47 Å². The topological polar surface area (TPSA) is 30.5 Å². The van der Waals surface area contributed by atoms with Gasteiger partial charge in [-0.2, -0.15) is 0 Å². The van der Waals surface area contributed by atoms with Crippen LogP contribution in [0, 0.1) is 20.8 Å². The maximum atomic E-state index is 5.63. The van der Waals surface area contributed by atoms with Crippen LogP contribution < -0.4 is 10.1 Å². The Balaban J connectivity index is 2.56. The van der Waals surface area contributed by atoms with Gasteiger partial charge in [-0.15, -0.1) is 0 Å². The maximum Gasteiger partial charge on any atom is 0.127 e. The third-order valence-corrected chi connectivity index (χ3v) is 4.87. The quantitative estimate of drug-likeness (QED) is 0.910. The first-order valence-corrected chi connectivity index (χ1v) is 7.01. The number of rotatable bonds is 2. The molecule has 1 fully saturated rings. The molecule has 1 aromatic carbocycles. The van der Waals surface area contributed by atoms with E-state index in [9.17, 15) is 0 Å². The normalized spacial score (nSPS) is 19.9. The Bertz CT molecular complexity index is 454. The first-order valence-electron chi connectivity index (χ1n) is 6.22. The van der Waals surface area contributed by atoms with Crippen LogP contribution in [0.4, 0.5) is 0 Å². The molecular weight excluding hydrogens is 294 g/mol. The summed E-state index contributed by atoms with van der Waals surface area (Å²) in [6.07, 6.45) is 0. The molecule has 1 aliphatic rings. The largest absolute Gasteiger partial charge is 0.496 e. The summed E-state index contributed by atoms with van der Waals surface area (Å²) in [4.78, 5) is 0. The molecule has 1 heterocycles. The molecule has 100 valence electrons. The van der Waals surface area contributed by atoms with Gasteiger partial charge in [0.15, 0.2) is 0 Å². The number of nitrogens with one attached hydrogen (secondary N) is 1. The minimum atomic E-state index is 0.212. The lowest BCUT2D eigenvalue weighted by Gasteiger charge is -2.29.